The smallest absolute Gasteiger partial charge is 0.119 e. The first-order valence-corrected chi connectivity index (χ1v) is 10.2. The maximum Gasteiger partial charge on any atom is 0.119 e. The summed E-state index contributed by atoms with van der Waals surface area (Å²) in [6.07, 6.45) is 0. The van der Waals surface area contributed by atoms with Crippen LogP contribution < -0.4 is 20.1 Å². The van der Waals surface area contributed by atoms with Crippen LogP contribution in [0.25, 0.3) is 28.1 Å². The third-order valence-corrected chi connectivity index (χ3v) is 5.42. The highest BCUT2D eigenvalue weighted by molar-refractivity contribution is 5.85. The summed E-state index contributed by atoms with van der Waals surface area (Å²) < 4.78 is 12.7. The third-order valence-electron chi connectivity index (χ3n) is 5.42. The summed E-state index contributed by atoms with van der Waals surface area (Å²) in [4.78, 5) is 4.88. The van der Waals surface area contributed by atoms with Crippen molar-refractivity contribution in [3.63, 3.8) is 0 Å². The fourth-order valence-electron chi connectivity index (χ4n) is 3.80. The Morgan fingerprint density at radius 3 is 2.12 bits per heavy atom. The molecule has 0 fully saturated rings. The summed E-state index contributed by atoms with van der Waals surface area (Å²) in [7, 11) is 3.30. The molecule has 0 saturated carbocycles. The van der Waals surface area contributed by atoms with E-state index in [1.54, 1.807) is 14.2 Å². The molecule has 0 amide bonds. The van der Waals surface area contributed by atoms with Gasteiger partial charge in [0.2, 0.25) is 0 Å². The van der Waals surface area contributed by atoms with E-state index in [0.717, 1.165) is 45.3 Å². The number of rotatable bonds is 5. The van der Waals surface area contributed by atoms with Crippen molar-refractivity contribution in [1.29, 1.82) is 5.41 Å². The van der Waals surface area contributed by atoms with Gasteiger partial charge in [0, 0.05) is 11.4 Å². The van der Waals surface area contributed by atoms with E-state index < -0.39 is 0 Å². The average molecular weight is 459 g/mol. The number of fused-ring (bicyclic) bond motifs is 2. The first-order valence-electron chi connectivity index (χ1n) is 10.2. The summed E-state index contributed by atoms with van der Waals surface area (Å²) in [5.41, 5.74) is 6.05. The molecule has 3 aromatic carbocycles. The molecule has 7 heteroatoms. The van der Waals surface area contributed by atoms with Gasteiger partial charge in [-0.1, -0.05) is 12.1 Å². The molecule has 2 N–H and O–H groups in total. The van der Waals surface area contributed by atoms with Gasteiger partial charge in [0.1, 0.15) is 11.5 Å². The number of para-hydroxylation sites is 2. The van der Waals surface area contributed by atoms with Crippen LogP contribution in [0, 0.1) is 5.41 Å². The van der Waals surface area contributed by atoms with E-state index in [2.05, 4.69) is 9.88 Å². The van der Waals surface area contributed by atoms with Crippen LogP contribution >= 0.6 is 12.4 Å². The summed E-state index contributed by atoms with van der Waals surface area (Å²) >= 11 is 0. The fraction of sp³-hybridized carbons (Fsp3) is 0.0769. The van der Waals surface area contributed by atoms with Crippen molar-refractivity contribution in [2.45, 2.75) is 0 Å². The van der Waals surface area contributed by atoms with Gasteiger partial charge in [-0.05, 0) is 72.8 Å². The van der Waals surface area contributed by atoms with Gasteiger partial charge in [0.05, 0.1) is 47.7 Å². The van der Waals surface area contributed by atoms with Crippen molar-refractivity contribution in [3.8, 4) is 28.6 Å². The lowest BCUT2D eigenvalue weighted by atomic mass is 10.1. The predicted octanol–water partition coefficient (Wildman–Crippen LogP) is 5.79. The topological polar surface area (TPSA) is 72.2 Å². The number of methoxy groups -OCH3 is 2. The number of aromatic nitrogens is 2. The maximum atomic E-state index is 8.66. The van der Waals surface area contributed by atoms with Crippen LogP contribution in [-0.4, -0.2) is 23.8 Å². The zero-order valence-corrected chi connectivity index (χ0v) is 19.0. The zero-order valence-electron chi connectivity index (χ0n) is 18.2. The van der Waals surface area contributed by atoms with Crippen LogP contribution in [0.1, 0.15) is 0 Å². The Balaban J connectivity index is 0.00000259. The van der Waals surface area contributed by atoms with Gasteiger partial charge in [-0.25, -0.2) is 4.98 Å². The number of ether oxygens (including phenoxy) is 2. The van der Waals surface area contributed by atoms with Crippen LogP contribution in [0.4, 0.5) is 11.4 Å². The van der Waals surface area contributed by atoms with Gasteiger partial charge in [-0.3, -0.25) is 5.41 Å². The number of anilines is 2. The molecular formula is C26H23ClN4O2. The summed E-state index contributed by atoms with van der Waals surface area (Å²) in [5.74, 6) is 1.58. The SMILES string of the molecule is COc1ccc(Nc2cc3nc4ccccc4n(-c4ccc(OC)cc4)c-3cc2=N)cc1.Cl. The molecule has 0 radical (unpaired) electrons. The van der Waals surface area contributed by atoms with Crippen LogP contribution in [0.15, 0.2) is 84.9 Å². The minimum absolute atomic E-state index is 0. The summed E-state index contributed by atoms with van der Waals surface area (Å²) in [6.45, 7) is 0. The largest absolute Gasteiger partial charge is 0.497 e. The molecule has 1 aliphatic heterocycles. The Labute approximate surface area is 197 Å². The lowest BCUT2D eigenvalue weighted by molar-refractivity contribution is 0.414. The van der Waals surface area contributed by atoms with Gasteiger partial charge < -0.3 is 19.4 Å². The fourth-order valence-corrected chi connectivity index (χ4v) is 3.80. The number of hydrogen-bond donors (Lipinski definition) is 2. The minimum atomic E-state index is 0. The van der Waals surface area contributed by atoms with E-state index in [-0.39, 0.29) is 12.4 Å². The third kappa shape index (κ3) is 4.21. The molecule has 3 aromatic rings. The van der Waals surface area contributed by atoms with E-state index in [0.29, 0.717) is 11.0 Å². The molecule has 2 aliphatic rings. The molecule has 166 valence electrons. The van der Waals surface area contributed by atoms with Gasteiger partial charge in [0.25, 0.3) is 0 Å². The van der Waals surface area contributed by atoms with E-state index in [1.807, 2.05) is 84.9 Å². The Morgan fingerprint density at radius 2 is 1.45 bits per heavy atom. The van der Waals surface area contributed by atoms with Crippen LogP contribution in [0.3, 0.4) is 0 Å². The second-order valence-corrected chi connectivity index (χ2v) is 7.37. The van der Waals surface area contributed by atoms with Gasteiger partial charge in [-0.15, -0.1) is 12.4 Å². The number of hydrogen-bond acceptors (Lipinski definition) is 5. The van der Waals surface area contributed by atoms with Gasteiger partial charge >= 0.3 is 0 Å². The second-order valence-electron chi connectivity index (χ2n) is 7.37. The van der Waals surface area contributed by atoms with E-state index in [4.69, 9.17) is 19.9 Å². The van der Waals surface area contributed by atoms with E-state index in [1.165, 1.54) is 0 Å². The second kappa shape index (κ2) is 9.22. The molecule has 33 heavy (non-hydrogen) atoms. The number of nitrogens with zero attached hydrogens (tertiary/aromatic N) is 2. The molecule has 0 bridgehead atoms. The average Bonchev–Trinajstić information content (AvgIpc) is 2.84. The Hall–Kier alpha value is -4.03. The highest BCUT2D eigenvalue weighted by atomic mass is 35.5. The van der Waals surface area contributed by atoms with Crippen molar-refractivity contribution in [3.05, 3.63) is 90.3 Å². The van der Waals surface area contributed by atoms with Gasteiger partial charge in [-0.2, -0.15) is 0 Å². The highest BCUT2D eigenvalue weighted by Crippen LogP contribution is 2.31. The molecular weight excluding hydrogens is 436 g/mol. The lowest BCUT2D eigenvalue weighted by Crippen LogP contribution is -2.13. The van der Waals surface area contributed by atoms with Crippen LogP contribution in [-0.2, 0) is 0 Å². The van der Waals surface area contributed by atoms with E-state index in [9.17, 15) is 0 Å². The molecule has 6 nitrogen and oxygen atoms in total. The van der Waals surface area contributed by atoms with Gasteiger partial charge in [0.15, 0.2) is 0 Å². The van der Waals surface area contributed by atoms with E-state index >= 15 is 0 Å². The minimum Gasteiger partial charge on any atom is -0.497 e. The molecule has 0 saturated heterocycles. The maximum absolute atomic E-state index is 8.66. The molecule has 5 rings (SSSR count). The number of benzene rings is 4. The van der Waals surface area contributed by atoms with Crippen molar-refractivity contribution in [1.82, 2.24) is 9.55 Å². The standard InChI is InChI=1S/C26H22N4O2.ClH/c1-31-19-11-7-17(8-12-19)28-23-16-24-26(15-21(23)27)30(18-9-13-20(32-2)14-10-18)25-6-4-3-5-22(25)29-24;/h3-16,27-28H,1-2H3;1H. The van der Waals surface area contributed by atoms with Crippen molar-refractivity contribution >= 4 is 34.8 Å². The number of halogens is 1. The van der Waals surface area contributed by atoms with Crippen LogP contribution in [0.2, 0.25) is 0 Å². The molecule has 0 aromatic heterocycles. The molecule has 0 spiro atoms. The summed E-state index contributed by atoms with van der Waals surface area (Å²) in [5, 5.41) is 12.4. The Bertz CT molecular complexity index is 1430. The molecule has 1 heterocycles. The van der Waals surface area contributed by atoms with Crippen molar-refractivity contribution < 1.29 is 9.47 Å². The van der Waals surface area contributed by atoms with Crippen molar-refractivity contribution in [2.75, 3.05) is 19.5 Å². The molecule has 0 atom stereocenters. The first-order chi connectivity index (χ1) is 15.7. The quantitative estimate of drug-likeness (QED) is 0.327. The lowest BCUT2D eigenvalue weighted by Gasteiger charge is -2.20. The molecule has 0 unspecified atom stereocenters. The Kier molecular flexibility index (Phi) is 6.20. The monoisotopic (exact) mass is 458 g/mol. The van der Waals surface area contributed by atoms with Crippen molar-refractivity contribution in [2.24, 2.45) is 0 Å². The molecule has 1 aliphatic carbocycles. The zero-order chi connectivity index (χ0) is 22.1. The Morgan fingerprint density at radius 1 is 0.818 bits per heavy atom. The highest BCUT2D eigenvalue weighted by Gasteiger charge is 2.16. The number of nitrogens with one attached hydrogen (secondary N) is 2. The predicted molar refractivity (Wildman–Crippen MR) is 134 cm³/mol. The summed E-state index contributed by atoms with van der Waals surface area (Å²) in [6, 6.07) is 27.3. The first kappa shape index (κ1) is 22.2. The normalized spacial score (nSPS) is 10.6. The van der Waals surface area contributed by atoms with Crippen LogP contribution in [0.5, 0.6) is 11.5 Å².